The molecule has 8 heteroatoms. The van der Waals surface area contributed by atoms with Crippen LogP contribution in [0.4, 0.5) is 11.4 Å². The van der Waals surface area contributed by atoms with Gasteiger partial charge in [0.15, 0.2) is 11.5 Å². The van der Waals surface area contributed by atoms with E-state index in [1.165, 1.54) is 0 Å². The molecule has 1 amide bonds. The molecule has 0 saturated heterocycles. The van der Waals surface area contributed by atoms with Gasteiger partial charge in [-0.2, -0.15) is 0 Å². The van der Waals surface area contributed by atoms with Gasteiger partial charge < -0.3 is 14.8 Å². The largest absolute Gasteiger partial charge is 0.454 e. The van der Waals surface area contributed by atoms with Gasteiger partial charge in [-0.25, -0.2) is 8.42 Å². The van der Waals surface area contributed by atoms with Gasteiger partial charge in [0.25, 0.3) is 5.91 Å². The minimum absolute atomic E-state index is 0.138. The molecule has 3 aromatic carbocycles. The monoisotopic (exact) mass is 410 g/mol. The second-order valence-electron chi connectivity index (χ2n) is 6.41. The maximum atomic E-state index is 12.8. The number of hydrogen-bond acceptors (Lipinski definition) is 5. The zero-order valence-corrected chi connectivity index (χ0v) is 16.1. The topological polar surface area (TPSA) is 93.7 Å². The summed E-state index contributed by atoms with van der Waals surface area (Å²) in [5.74, 6) is 0.518. The summed E-state index contributed by atoms with van der Waals surface area (Å²) >= 11 is 0. The van der Waals surface area contributed by atoms with Crippen LogP contribution < -0.4 is 19.5 Å². The Hall–Kier alpha value is -3.52. The number of para-hydroxylation sites is 1. The van der Waals surface area contributed by atoms with E-state index in [1.54, 1.807) is 66.7 Å². The number of anilines is 2. The molecule has 0 bridgehead atoms. The Morgan fingerprint density at radius 3 is 2.45 bits per heavy atom. The molecule has 0 fully saturated rings. The molecular weight excluding hydrogens is 392 g/mol. The van der Waals surface area contributed by atoms with Gasteiger partial charge in [0.2, 0.25) is 16.8 Å². The molecule has 29 heavy (non-hydrogen) atoms. The molecule has 0 saturated carbocycles. The smallest absolute Gasteiger partial charge is 0.257 e. The predicted octanol–water partition coefficient (Wildman–Crippen LogP) is 3.61. The minimum Gasteiger partial charge on any atom is -0.454 e. The van der Waals surface area contributed by atoms with Gasteiger partial charge in [0, 0.05) is 11.8 Å². The van der Waals surface area contributed by atoms with Gasteiger partial charge in [-0.3, -0.25) is 9.52 Å². The molecule has 0 spiro atoms. The highest BCUT2D eigenvalue weighted by atomic mass is 32.2. The molecule has 1 heterocycles. The Labute approximate surface area is 168 Å². The summed E-state index contributed by atoms with van der Waals surface area (Å²) in [6.07, 6.45) is 0. The second kappa shape index (κ2) is 7.84. The van der Waals surface area contributed by atoms with Crippen LogP contribution in [0.5, 0.6) is 11.5 Å². The van der Waals surface area contributed by atoms with E-state index < -0.39 is 15.9 Å². The van der Waals surface area contributed by atoms with Crippen LogP contribution in [0.1, 0.15) is 15.9 Å². The lowest BCUT2D eigenvalue weighted by Crippen LogP contribution is -2.19. The lowest BCUT2D eigenvalue weighted by atomic mass is 10.1. The van der Waals surface area contributed by atoms with Gasteiger partial charge in [-0.1, -0.05) is 42.5 Å². The van der Waals surface area contributed by atoms with Crippen LogP contribution >= 0.6 is 0 Å². The first-order chi connectivity index (χ1) is 14.0. The average molecular weight is 410 g/mol. The van der Waals surface area contributed by atoms with Crippen molar-refractivity contribution in [3.63, 3.8) is 0 Å². The van der Waals surface area contributed by atoms with Gasteiger partial charge in [0.1, 0.15) is 0 Å². The predicted molar refractivity (Wildman–Crippen MR) is 110 cm³/mol. The van der Waals surface area contributed by atoms with Crippen molar-refractivity contribution < 1.29 is 22.7 Å². The molecule has 0 unspecified atom stereocenters. The van der Waals surface area contributed by atoms with E-state index in [0.29, 0.717) is 22.7 Å². The second-order valence-corrected chi connectivity index (χ2v) is 8.14. The molecule has 0 radical (unpaired) electrons. The number of fused-ring (bicyclic) bond motifs is 1. The van der Waals surface area contributed by atoms with Crippen LogP contribution in [0.2, 0.25) is 0 Å². The van der Waals surface area contributed by atoms with Crippen molar-refractivity contribution in [2.75, 3.05) is 16.8 Å². The van der Waals surface area contributed by atoms with Gasteiger partial charge in [-0.15, -0.1) is 0 Å². The van der Waals surface area contributed by atoms with Crippen molar-refractivity contribution in [3.05, 3.63) is 83.9 Å². The summed E-state index contributed by atoms with van der Waals surface area (Å²) in [5.41, 5.74) is 1.59. The summed E-state index contributed by atoms with van der Waals surface area (Å²) in [7, 11) is -3.69. The van der Waals surface area contributed by atoms with Crippen molar-refractivity contribution in [1.29, 1.82) is 0 Å². The van der Waals surface area contributed by atoms with Gasteiger partial charge >= 0.3 is 0 Å². The number of carbonyl (C=O) groups is 1. The van der Waals surface area contributed by atoms with Crippen molar-refractivity contribution in [3.8, 4) is 11.5 Å². The number of sulfonamides is 1. The Kier molecular flexibility index (Phi) is 5.09. The molecule has 1 aliphatic heterocycles. The first-order valence-electron chi connectivity index (χ1n) is 8.85. The molecular formula is C21H18N2O5S. The van der Waals surface area contributed by atoms with Crippen molar-refractivity contribution in [1.82, 2.24) is 0 Å². The van der Waals surface area contributed by atoms with Crippen LogP contribution in [0.25, 0.3) is 0 Å². The average Bonchev–Trinajstić information content (AvgIpc) is 3.16. The number of benzene rings is 3. The number of hydrogen-bond donors (Lipinski definition) is 2. The fraction of sp³-hybridized carbons (Fsp3) is 0.0952. The summed E-state index contributed by atoms with van der Waals surface area (Å²) in [6, 6.07) is 20.3. The standard InChI is InChI=1S/C21H18N2O5S/c24-21(22-16-10-11-19-20(12-16)28-14-27-19)17-8-4-5-9-18(17)23-29(25,26)13-15-6-2-1-3-7-15/h1-12,23H,13-14H2,(H,22,24). The molecule has 1 aliphatic rings. The van der Waals surface area contributed by atoms with Crippen LogP contribution in [0.15, 0.2) is 72.8 Å². The Morgan fingerprint density at radius 2 is 1.62 bits per heavy atom. The van der Waals surface area contributed by atoms with E-state index in [4.69, 9.17) is 9.47 Å². The molecule has 0 aliphatic carbocycles. The van der Waals surface area contributed by atoms with E-state index in [-0.39, 0.29) is 23.8 Å². The van der Waals surface area contributed by atoms with Crippen LogP contribution in [-0.4, -0.2) is 21.1 Å². The molecule has 148 valence electrons. The summed E-state index contributed by atoms with van der Waals surface area (Å²) in [5, 5.41) is 2.75. The summed E-state index contributed by atoms with van der Waals surface area (Å²) in [6.45, 7) is 0.138. The number of nitrogens with one attached hydrogen (secondary N) is 2. The molecule has 2 N–H and O–H groups in total. The summed E-state index contributed by atoms with van der Waals surface area (Å²) < 4.78 is 38.2. The number of rotatable bonds is 6. The highest BCUT2D eigenvalue weighted by Crippen LogP contribution is 2.34. The van der Waals surface area contributed by atoms with E-state index in [0.717, 1.165) is 0 Å². The van der Waals surface area contributed by atoms with Crippen LogP contribution in [0.3, 0.4) is 0 Å². The fourth-order valence-corrected chi connectivity index (χ4v) is 4.16. The lowest BCUT2D eigenvalue weighted by molar-refractivity contribution is 0.102. The Morgan fingerprint density at radius 1 is 0.897 bits per heavy atom. The van der Waals surface area contributed by atoms with Crippen molar-refractivity contribution >= 4 is 27.3 Å². The van der Waals surface area contributed by atoms with E-state index >= 15 is 0 Å². The van der Waals surface area contributed by atoms with Gasteiger partial charge in [-0.05, 0) is 29.8 Å². The van der Waals surface area contributed by atoms with Gasteiger partial charge in [0.05, 0.1) is 17.0 Å². The zero-order chi connectivity index (χ0) is 20.3. The molecule has 0 aromatic heterocycles. The van der Waals surface area contributed by atoms with Crippen molar-refractivity contribution in [2.24, 2.45) is 0 Å². The first-order valence-corrected chi connectivity index (χ1v) is 10.5. The highest BCUT2D eigenvalue weighted by molar-refractivity contribution is 7.91. The fourth-order valence-electron chi connectivity index (χ4n) is 2.94. The maximum absolute atomic E-state index is 12.8. The maximum Gasteiger partial charge on any atom is 0.257 e. The zero-order valence-electron chi connectivity index (χ0n) is 15.3. The number of amides is 1. The quantitative estimate of drug-likeness (QED) is 0.648. The Balaban J connectivity index is 1.52. The normalized spacial score (nSPS) is 12.4. The van der Waals surface area contributed by atoms with E-state index in [9.17, 15) is 13.2 Å². The Bertz CT molecular complexity index is 1150. The van der Waals surface area contributed by atoms with E-state index in [1.807, 2.05) is 6.07 Å². The summed E-state index contributed by atoms with van der Waals surface area (Å²) in [4.78, 5) is 12.8. The SMILES string of the molecule is O=C(Nc1ccc2c(c1)OCO2)c1ccccc1NS(=O)(=O)Cc1ccccc1. The van der Waals surface area contributed by atoms with Crippen molar-refractivity contribution in [2.45, 2.75) is 5.75 Å². The third kappa shape index (κ3) is 4.49. The van der Waals surface area contributed by atoms with Crippen LogP contribution in [0, 0.1) is 0 Å². The van der Waals surface area contributed by atoms with E-state index in [2.05, 4.69) is 10.0 Å². The molecule has 0 atom stereocenters. The number of carbonyl (C=O) groups excluding carboxylic acids is 1. The molecule has 4 rings (SSSR count). The molecule has 3 aromatic rings. The third-order valence-electron chi connectivity index (χ3n) is 4.27. The lowest BCUT2D eigenvalue weighted by Gasteiger charge is -2.13. The number of ether oxygens (including phenoxy) is 2. The third-order valence-corrected chi connectivity index (χ3v) is 5.51. The first kappa shape index (κ1) is 18.8. The highest BCUT2D eigenvalue weighted by Gasteiger charge is 2.19. The molecule has 7 nitrogen and oxygen atoms in total. The van der Waals surface area contributed by atoms with Crippen LogP contribution in [-0.2, 0) is 15.8 Å². The minimum atomic E-state index is -3.69.